The van der Waals surface area contributed by atoms with Gasteiger partial charge in [-0.1, -0.05) is 26.0 Å². The van der Waals surface area contributed by atoms with Crippen LogP contribution in [0, 0.1) is 0 Å². The minimum atomic E-state index is 0.573. The second-order valence-electron chi connectivity index (χ2n) is 3.98. The molecule has 0 saturated heterocycles. The van der Waals surface area contributed by atoms with Gasteiger partial charge in [0.05, 0.1) is 11.0 Å². The quantitative estimate of drug-likeness (QED) is 0.630. The van der Waals surface area contributed by atoms with Gasteiger partial charge in [0.1, 0.15) is 0 Å². The zero-order chi connectivity index (χ0) is 12.7. The number of imidazole rings is 1. The van der Waals surface area contributed by atoms with Crippen LogP contribution in [0.2, 0.25) is 0 Å². The summed E-state index contributed by atoms with van der Waals surface area (Å²) < 4.78 is 0. The number of benzene rings is 1. The predicted octanol–water partition coefficient (Wildman–Crippen LogP) is 1.79. The molecule has 0 aliphatic carbocycles. The number of hydrogen-bond acceptors (Lipinski definition) is 4. The molecule has 0 spiro atoms. The minimum absolute atomic E-state index is 0.573. The van der Waals surface area contributed by atoms with E-state index >= 15 is 0 Å². The van der Waals surface area contributed by atoms with Crippen LogP contribution >= 0.6 is 12.6 Å². The number of nitrogens with one attached hydrogen (secondary N) is 2. The first-order valence-corrected chi connectivity index (χ1v) is 6.15. The van der Waals surface area contributed by atoms with Crippen LogP contribution in [0.5, 0.6) is 0 Å². The van der Waals surface area contributed by atoms with E-state index in [0.717, 1.165) is 24.1 Å². The molecule has 1 aromatic heterocycles. The molecule has 94 valence electrons. The standard InChI is InChI=1S/C7H6N2S.C5H14N2/c10-7-8-5-3-1-2-4-6(5)9-7;1-5(2)7-4-3-6/h1-4H,(H2,8,9,10);5,7H,3-4,6H2,1-2H3. The number of para-hydroxylation sites is 2. The van der Waals surface area contributed by atoms with Crippen LogP contribution in [0.25, 0.3) is 11.0 Å². The first kappa shape index (κ1) is 14.0. The molecule has 4 nitrogen and oxygen atoms in total. The van der Waals surface area contributed by atoms with Crippen molar-refractivity contribution in [3.05, 3.63) is 24.3 Å². The molecule has 0 aliphatic heterocycles. The average molecular weight is 252 g/mol. The number of aromatic amines is 1. The molecule has 0 bridgehead atoms. The Morgan fingerprint density at radius 1 is 1.41 bits per heavy atom. The third-order valence-electron chi connectivity index (χ3n) is 2.07. The van der Waals surface area contributed by atoms with Crippen LogP contribution in [0.4, 0.5) is 0 Å². The zero-order valence-electron chi connectivity index (χ0n) is 10.3. The summed E-state index contributed by atoms with van der Waals surface area (Å²) in [4.78, 5) is 7.13. The Hall–Kier alpha value is -1.04. The van der Waals surface area contributed by atoms with Crippen LogP contribution < -0.4 is 11.1 Å². The summed E-state index contributed by atoms with van der Waals surface area (Å²) >= 11 is 4.08. The second-order valence-corrected chi connectivity index (χ2v) is 4.40. The summed E-state index contributed by atoms with van der Waals surface area (Å²) in [6.45, 7) is 5.88. The molecule has 2 aromatic rings. The van der Waals surface area contributed by atoms with Crippen molar-refractivity contribution in [2.75, 3.05) is 13.1 Å². The molecule has 0 atom stereocenters. The maximum absolute atomic E-state index is 5.21. The van der Waals surface area contributed by atoms with Crippen molar-refractivity contribution < 1.29 is 0 Å². The summed E-state index contributed by atoms with van der Waals surface area (Å²) in [6, 6.07) is 8.42. The highest BCUT2D eigenvalue weighted by Gasteiger charge is 1.94. The molecule has 4 N–H and O–H groups in total. The van der Waals surface area contributed by atoms with E-state index in [-0.39, 0.29) is 0 Å². The summed E-state index contributed by atoms with van der Waals surface area (Å²) in [5.74, 6) is 0. The minimum Gasteiger partial charge on any atom is -0.333 e. The van der Waals surface area contributed by atoms with E-state index in [1.165, 1.54) is 0 Å². The second kappa shape index (κ2) is 7.32. The van der Waals surface area contributed by atoms with E-state index in [9.17, 15) is 0 Å². The summed E-state index contributed by atoms with van der Waals surface area (Å²) in [7, 11) is 0. The molecule has 1 heterocycles. The van der Waals surface area contributed by atoms with Crippen molar-refractivity contribution in [1.82, 2.24) is 15.3 Å². The lowest BCUT2D eigenvalue weighted by Crippen LogP contribution is -2.28. The smallest absolute Gasteiger partial charge is 0.163 e. The number of H-pyrrole nitrogens is 1. The van der Waals surface area contributed by atoms with E-state index in [2.05, 4.69) is 41.8 Å². The number of thiol groups is 1. The van der Waals surface area contributed by atoms with E-state index < -0.39 is 0 Å². The van der Waals surface area contributed by atoms with Gasteiger partial charge in [-0.3, -0.25) is 0 Å². The SMILES string of the molecule is CC(C)NCCN.Sc1nc2ccccc2[nH]1. The van der Waals surface area contributed by atoms with E-state index in [1.54, 1.807) is 0 Å². The molecule has 5 heteroatoms. The van der Waals surface area contributed by atoms with E-state index in [4.69, 9.17) is 5.73 Å². The molecule has 0 unspecified atom stereocenters. The van der Waals surface area contributed by atoms with Gasteiger partial charge in [0, 0.05) is 19.1 Å². The zero-order valence-corrected chi connectivity index (χ0v) is 11.2. The Morgan fingerprint density at radius 3 is 2.65 bits per heavy atom. The first-order valence-electron chi connectivity index (χ1n) is 5.70. The van der Waals surface area contributed by atoms with Gasteiger partial charge in [-0.25, -0.2) is 4.98 Å². The Kier molecular flexibility index (Phi) is 6.04. The predicted molar refractivity (Wildman–Crippen MR) is 75.5 cm³/mol. The van der Waals surface area contributed by atoms with Crippen LogP contribution in [-0.2, 0) is 0 Å². The summed E-state index contributed by atoms with van der Waals surface area (Å²) in [6.07, 6.45) is 0. The largest absolute Gasteiger partial charge is 0.333 e. The molecule has 0 saturated carbocycles. The van der Waals surface area contributed by atoms with Gasteiger partial charge in [0.25, 0.3) is 0 Å². The number of rotatable bonds is 3. The van der Waals surface area contributed by atoms with Gasteiger partial charge in [-0.05, 0) is 12.1 Å². The molecule has 0 fully saturated rings. The summed E-state index contributed by atoms with van der Waals surface area (Å²) in [5, 5.41) is 3.84. The highest BCUT2D eigenvalue weighted by atomic mass is 32.1. The summed E-state index contributed by atoms with van der Waals surface area (Å²) in [5.41, 5.74) is 7.21. The van der Waals surface area contributed by atoms with Crippen LogP contribution in [0.15, 0.2) is 29.4 Å². The van der Waals surface area contributed by atoms with Crippen molar-refractivity contribution in [3.8, 4) is 0 Å². The molecule has 1 aromatic carbocycles. The highest BCUT2D eigenvalue weighted by Crippen LogP contribution is 2.11. The van der Waals surface area contributed by atoms with Gasteiger partial charge in [0.15, 0.2) is 5.16 Å². The highest BCUT2D eigenvalue weighted by molar-refractivity contribution is 7.80. The lowest BCUT2D eigenvalue weighted by Gasteiger charge is -2.03. The normalized spacial score (nSPS) is 10.4. The number of nitrogens with zero attached hydrogens (tertiary/aromatic N) is 1. The Bertz CT molecular complexity index is 406. The molecule has 0 aliphatic rings. The third-order valence-corrected chi connectivity index (χ3v) is 2.29. The lowest BCUT2D eigenvalue weighted by molar-refractivity contribution is 0.596. The molecule has 0 radical (unpaired) electrons. The van der Waals surface area contributed by atoms with Crippen LogP contribution in [-0.4, -0.2) is 29.1 Å². The fourth-order valence-electron chi connectivity index (χ4n) is 1.31. The van der Waals surface area contributed by atoms with Crippen molar-refractivity contribution in [1.29, 1.82) is 0 Å². The van der Waals surface area contributed by atoms with Gasteiger partial charge < -0.3 is 16.0 Å². The first-order chi connectivity index (χ1) is 8.13. The number of aromatic nitrogens is 2. The van der Waals surface area contributed by atoms with Gasteiger partial charge >= 0.3 is 0 Å². The van der Waals surface area contributed by atoms with Gasteiger partial charge in [-0.2, -0.15) is 0 Å². The van der Waals surface area contributed by atoms with Crippen LogP contribution in [0.3, 0.4) is 0 Å². The maximum Gasteiger partial charge on any atom is 0.163 e. The average Bonchev–Trinajstić information content (AvgIpc) is 2.67. The van der Waals surface area contributed by atoms with Crippen molar-refractivity contribution in [3.63, 3.8) is 0 Å². The van der Waals surface area contributed by atoms with Crippen LogP contribution in [0.1, 0.15) is 13.8 Å². The number of fused-ring (bicyclic) bond motifs is 1. The van der Waals surface area contributed by atoms with Gasteiger partial charge in [-0.15, -0.1) is 12.6 Å². The molecular formula is C12H20N4S. The molecule has 0 amide bonds. The molecule has 2 rings (SSSR count). The molecule has 17 heavy (non-hydrogen) atoms. The van der Waals surface area contributed by atoms with Crippen molar-refractivity contribution >= 4 is 23.7 Å². The maximum atomic E-state index is 5.21. The van der Waals surface area contributed by atoms with E-state index in [0.29, 0.717) is 11.2 Å². The van der Waals surface area contributed by atoms with E-state index in [1.807, 2.05) is 24.3 Å². The fraction of sp³-hybridized carbons (Fsp3) is 0.417. The number of hydrogen-bond donors (Lipinski definition) is 4. The Morgan fingerprint density at radius 2 is 2.12 bits per heavy atom. The molecular weight excluding hydrogens is 232 g/mol. The monoisotopic (exact) mass is 252 g/mol. The van der Waals surface area contributed by atoms with Gasteiger partial charge in [0.2, 0.25) is 0 Å². The lowest BCUT2D eigenvalue weighted by atomic mass is 10.3. The van der Waals surface area contributed by atoms with Crippen molar-refractivity contribution in [2.45, 2.75) is 25.0 Å². The fourth-order valence-corrected chi connectivity index (χ4v) is 1.54. The number of nitrogens with two attached hydrogens (primary N) is 1. The third kappa shape index (κ3) is 5.21. The topological polar surface area (TPSA) is 66.7 Å². The Balaban J connectivity index is 0.000000185. The van der Waals surface area contributed by atoms with Crippen molar-refractivity contribution in [2.24, 2.45) is 5.73 Å². The Labute approximate surface area is 107 Å².